The molecule has 0 aromatic rings. The fraction of sp³-hybridized carbons (Fsp3) is 1.00. The van der Waals surface area contributed by atoms with Crippen LogP contribution in [0.4, 0.5) is 0 Å². The lowest BCUT2D eigenvalue weighted by atomic mass is 10.1. The minimum absolute atomic E-state index is 0. The van der Waals surface area contributed by atoms with Gasteiger partial charge in [-0.2, -0.15) is 0 Å². The molecule has 0 fully saturated rings. The number of aliphatic hydroxyl groups is 1. The Bertz CT molecular complexity index is 152. The minimum atomic E-state index is 0. The molecular formula is C16H38NO2+. The molecule has 0 amide bonds. The molecule has 3 N–H and O–H groups in total. The molecule has 0 radical (unpaired) electrons. The van der Waals surface area contributed by atoms with Crippen LogP contribution in [0.15, 0.2) is 0 Å². The third-order valence-corrected chi connectivity index (χ3v) is 4.00. The van der Waals surface area contributed by atoms with Gasteiger partial charge >= 0.3 is 0 Å². The van der Waals surface area contributed by atoms with Gasteiger partial charge in [-0.3, -0.25) is 0 Å². The van der Waals surface area contributed by atoms with Crippen molar-refractivity contribution >= 4 is 0 Å². The zero-order valence-electron chi connectivity index (χ0n) is 13.6. The van der Waals surface area contributed by atoms with Crippen molar-refractivity contribution in [3.63, 3.8) is 0 Å². The Morgan fingerprint density at radius 2 is 1.00 bits per heavy atom. The first-order chi connectivity index (χ1) is 8.74. The van der Waals surface area contributed by atoms with Crippen LogP contribution in [0.25, 0.3) is 0 Å². The molecule has 118 valence electrons. The molecule has 0 bridgehead atoms. The lowest BCUT2D eigenvalue weighted by molar-refractivity contribution is -0.929. The molecule has 0 aromatic carbocycles. The van der Waals surface area contributed by atoms with Crippen LogP contribution < -0.4 is 0 Å². The summed E-state index contributed by atoms with van der Waals surface area (Å²) in [6.45, 7) is 12.6. The fourth-order valence-corrected chi connectivity index (χ4v) is 2.71. The molecule has 0 aromatic heterocycles. The Hall–Kier alpha value is -0.120. The maximum absolute atomic E-state index is 8.98. The summed E-state index contributed by atoms with van der Waals surface area (Å²) in [5.74, 6) is 0. The Morgan fingerprint density at radius 1 is 0.632 bits per heavy atom. The van der Waals surface area contributed by atoms with E-state index in [-0.39, 0.29) is 5.48 Å². The molecule has 0 unspecified atom stereocenters. The molecule has 0 heterocycles. The zero-order valence-corrected chi connectivity index (χ0v) is 13.6. The highest BCUT2D eigenvalue weighted by atomic mass is 16.2. The van der Waals surface area contributed by atoms with Gasteiger partial charge in [0, 0.05) is 6.61 Å². The van der Waals surface area contributed by atoms with E-state index in [0.717, 1.165) is 6.42 Å². The number of aliphatic hydroxyl groups excluding tert-OH is 1. The molecule has 0 aliphatic carbocycles. The van der Waals surface area contributed by atoms with Crippen LogP contribution in [-0.2, 0) is 0 Å². The zero-order chi connectivity index (χ0) is 13.7. The van der Waals surface area contributed by atoms with E-state index in [0.29, 0.717) is 6.61 Å². The molecule has 3 nitrogen and oxygen atoms in total. The first-order valence-electron chi connectivity index (χ1n) is 8.20. The van der Waals surface area contributed by atoms with Crippen molar-refractivity contribution in [1.29, 1.82) is 0 Å². The van der Waals surface area contributed by atoms with Gasteiger partial charge in [0.25, 0.3) is 0 Å². The SMILES string of the molecule is CCCC[N+](CCCC)(CCCC)CCCCO.O. The molecule has 0 aliphatic rings. The van der Waals surface area contributed by atoms with E-state index in [1.807, 2.05) is 0 Å². The van der Waals surface area contributed by atoms with Crippen molar-refractivity contribution < 1.29 is 15.1 Å². The van der Waals surface area contributed by atoms with Gasteiger partial charge in [0.15, 0.2) is 0 Å². The van der Waals surface area contributed by atoms with Gasteiger partial charge in [-0.25, -0.2) is 0 Å². The molecular weight excluding hydrogens is 238 g/mol. The second-order valence-corrected chi connectivity index (χ2v) is 5.73. The van der Waals surface area contributed by atoms with E-state index in [9.17, 15) is 0 Å². The lowest BCUT2D eigenvalue weighted by Gasteiger charge is -2.39. The van der Waals surface area contributed by atoms with E-state index >= 15 is 0 Å². The first kappa shape index (κ1) is 21.2. The average Bonchev–Trinajstić information content (AvgIpc) is 2.40. The molecule has 3 heteroatoms. The number of hydrogen-bond donors (Lipinski definition) is 1. The molecule has 0 saturated carbocycles. The van der Waals surface area contributed by atoms with E-state index in [1.165, 1.54) is 75.6 Å². The maximum atomic E-state index is 8.98. The summed E-state index contributed by atoms with van der Waals surface area (Å²) in [5, 5.41) is 8.98. The molecule has 0 rings (SSSR count). The smallest absolute Gasteiger partial charge is 0.0787 e. The highest BCUT2D eigenvalue weighted by molar-refractivity contribution is 4.50. The average molecular weight is 276 g/mol. The highest BCUT2D eigenvalue weighted by Crippen LogP contribution is 2.16. The van der Waals surface area contributed by atoms with Crippen LogP contribution >= 0.6 is 0 Å². The summed E-state index contributed by atoms with van der Waals surface area (Å²) in [4.78, 5) is 0. The van der Waals surface area contributed by atoms with Gasteiger partial charge in [-0.15, -0.1) is 0 Å². The second kappa shape index (κ2) is 14.3. The van der Waals surface area contributed by atoms with Gasteiger partial charge in [-0.1, -0.05) is 40.0 Å². The Kier molecular flexibility index (Phi) is 15.9. The predicted molar refractivity (Wildman–Crippen MR) is 84.4 cm³/mol. The van der Waals surface area contributed by atoms with Crippen molar-refractivity contribution in [1.82, 2.24) is 0 Å². The third kappa shape index (κ3) is 10.3. The quantitative estimate of drug-likeness (QED) is 0.408. The highest BCUT2D eigenvalue weighted by Gasteiger charge is 2.24. The molecule has 0 atom stereocenters. The summed E-state index contributed by atoms with van der Waals surface area (Å²) >= 11 is 0. The maximum Gasteiger partial charge on any atom is 0.0787 e. The van der Waals surface area contributed by atoms with E-state index < -0.39 is 0 Å². The van der Waals surface area contributed by atoms with E-state index in [2.05, 4.69) is 20.8 Å². The van der Waals surface area contributed by atoms with Gasteiger partial charge < -0.3 is 15.1 Å². The lowest BCUT2D eigenvalue weighted by Crippen LogP contribution is -2.50. The summed E-state index contributed by atoms with van der Waals surface area (Å²) < 4.78 is 1.32. The van der Waals surface area contributed by atoms with Crippen LogP contribution in [0.1, 0.15) is 72.1 Å². The van der Waals surface area contributed by atoms with Crippen LogP contribution in [0.2, 0.25) is 0 Å². The van der Waals surface area contributed by atoms with Crippen molar-refractivity contribution in [2.45, 2.75) is 72.1 Å². The number of unbranched alkanes of at least 4 members (excludes halogenated alkanes) is 4. The van der Waals surface area contributed by atoms with Crippen LogP contribution in [0.5, 0.6) is 0 Å². The van der Waals surface area contributed by atoms with Gasteiger partial charge in [0.1, 0.15) is 0 Å². The van der Waals surface area contributed by atoms with Gasteiger partial charge in [0.2, 0.25) is 0 Å². The first-order valence-corrected chi connectivity index (χ1v) is 8.20. The van der Waals surface area contributed by atoms with Crippen LogP contribution in [0.3, 0.4) is 0 Å². The summed E-state index contributed by atoms with van der Waals surface area (Å²) in [5.41, 5.74) is 0. The Labute approximate surface area is 120 Å². The molecule has 0 spiro atoms. The van der Waals surface area contributed by atoms with Gasteiger partial charge in [0.05, 0.1) is 26.2 Å². The number of nitrogens with zero attached hydrogens (tertiary/aromatic N) is 1. The second-order valence-electron chi connectivity index (χ2n) is 5.73. The number of quaternary nitrogens is 1. The monoisotopic (exact) mass is 276 g/mol. The molecule has 0 aliphatic heterocycles. The van der Waals surface area contributed by atoms with E-state index in [1.54, 1.807) is 0 Å². The number of hydrogen-bond acceptors (Lipinski definition) is 1. The summed E-state index contributed by atoms with van der Waals surface area (Å²) in [6.07, 6.45) is 10.1. The predicted octanol–water partition coefficient (Wildman–Crippen LogP) is 3.15. The summed E-state index contributed by atoms with van der Waals surface area (Å²) in [6, 6.07) is 0. The van der Waals surface area contributed by atoms with Crippen LogP contribution in [-0.4, -0.2) is 47.9 Å². The normalized spacial score (nSPS) is 11.4. The minimum Gasteiger partial charge on any atom is -0.412 e. The van der Waals surface area contributed by atoms with Crippen molar-refractivity contribution in [2.75, 3.05) is 32.8 Å². The third-order valence-electron chi connectivity index (χ3n) is 4.00. The standard InChI is InChI=1S/C16H36NO.H2O/c1-4-7-12-17(13-8-5-2,14-9-6-3)15-10-11-16-18;/h18H,4-16H2,1-3H3;1H2/q+1;. The summed E-state index contributed by atoms with van der Waals surface area (Å²) in [7, 11) is 0. The molecule has 0 saturated heterocycles. The topological polar surface area (TPSA) is 51.7 Å². The Morgan fingerprint density at radius 3 is 1.32 bits per heavy atom. The fourth-order valence-electron chi connectivity index (χ4n) is 2.71. The van der Waals surface area contributed by atoms with Crippen molar-refractivity contribution in [3.8, 4) is 0 Å². The molecule has 19 heavy (non-hydrogen) atoms. The van der Waals surface area contributed by atoms with Gasteiger partial charge in [-0.05, 0) is 32.1 Å². The van der Waals surface area contributed by atoms with Crippen molar-refractivity contribution in [2.24, 2.45) is 0 Å². The van der Waals surface area contributed by atoms with E-state index in [4.69, 9.17) is 5.11 Å². The van der Waals surface area contributed by atoms with Crippen molar-refractivity contribution in [3.05, 3.63) is 0 Å². The largest absolute Gasteiger partial charge is 0.412 e. The van der Waals surface area contributed by atoms with Crippen LogP contribution in [0, 0.1) is 0 Å². The number of rotatable bonds is 13. The Balaban J connectivity index is 0.